The number of ether oxygens (including phenoxy) is 2. The molecule has 0 amide bonds. The lowest BCUT2D eigenvalue weighted by molar-refractivity contribution is 0.00609. The van der Waals surface area contributed by atoms with Crippen LogP contribution >= 0.6 is 0 Å². The first-order valence-electron chi connectivity index (χ1n) is 12.8. The zero-order valence-electron chi connectivity index (χ0n) is 21.5. The molecule has 1 atom stereocenters. The fourth-order valence-corrected chi connectivity index (χ4v) is 4.24. The summed E-state index contributed by atoms with van der Waals surface area (Å²) in [6.07, 6.45) is 1.98. The number of aliphatic hydroxyl groups is 1. The summed E-state index contributed by atoms with van der Waals surface area (Å²) in [5, 5.41) is 15.6. The molecule has 1 fully saturated rings. The number of aryl methyl sites for hydroxylation is 2. The SMILES string of the molecule is Cc1cccc(Oc2c(CN(CC3CC3)C[C@@H](O)COCC(C)C)c(C)nn2-c2ccccc2)c1. The van der Waals surface area contributed by atoms with Gasteiger partial charge in [-0.1, -0.05) is 44.2 Å². The van der Waals surface area contributed by atoms with E-state index in [1.54, 1.807) is 0 Å². The number of para-hydroxylation sites is 1. The van der Waals surface area contributed by atoms with Crippen molar-refractivity contribution in [3.05, 3.63) is 71.4 Å². The van der Waals surface area contributed by atoms with Crippen LogP contribution in [-0.4, -0.2) is 52.2 Å². The molecular formula is C29H39N3O3. The molecule has 2 aromatic carbocycles. The fourth-order valence-electron chi connectivity index (χ4n) is 4.24. The van der Waals surface area contributed by atoms with E-state index in [1.807, 2.05) is 60.1 Å². The van der Waals surface area contributed by atoms with Crippen LogP contribution < -0.4 is 4.74 Å². The summed E-state index contributed by atoms with van der Waals surface area (Å²) in [6.45, 7) is 11.5. The Kier molecular flexibility index (Phi) is 8.60. The van der Waals surface area contributed by atoms with E-state index in [-0.39, 0.29) is 0 Å². The Morgan fingerprint density at radius 2 is 1.83 bits per heavy atom. The first-order chi connectivity index (χ1) is 16.9. The molecule has 1 N–H and O–H groups in total. The third-order valence-electron chi connectivity index (χ3n) is 6.17. The van der Waals surface area contributed by atoms with Gasteiger partial charge in [-0.25, -0.2) is 4.68 Å². The predicted octanol–water partition coefficient (Wildman–Crippen LogP) is 5.53. The van der Waals surface area contributed by atoms with Crippen LogP contribution in [0.5, 0.6) is 11.6 Å². The molecule has 4 rings (SSSR count). The molecule has 0 saturated heterocycles. The molecule has 0 spiro atoms. The van der Waals surface area contributed by atoms with Crippen LogP contribution in [0.15, 0.2) is 54.6 Å². The van der Waals surface area contributed by atoms with Crippen LogP contribution in [0.1, 0.15) is 43.5 Å². The van der Waals surface area contributed by atoms with Gasteiger partial charge in [-0.2, -0.15) is 5.10 Å². The van der Waals surface area contributed by atoms with Gasteiger partial charge in [0.2, 0.25) is 5.88 Å². The van der Waals surface area contributed by atoms with Gasteiger partial charge in [-0.3, -0.25) is 4.90 Å². The quantitative estimate of drug-likeness (QED) is 0.351. The van der Waals surface area contributed by atoms with Crippen molar-refractivity contribution < 1.29 is 14.6 Å². The third kappa shape index (κ3) is 7.40. The van der Waals surface area contributed by atoms with Gasteiger partial charge in [0.25, 0.3) is 0 Å². The van der Waals surface area contributed by atoms with E-state index >= 15 is 0 Å². The minimum atomic E-state index is -0.530. The van der Waals surface area contributed by atoms with Gasteiger partial charge in [0.05, 0.1) is 29.7 Å². The van der Waals surface area contributed by atoms with Gasteiger partial charge in [0.15, 0.2) is 0 Å². The van der Waals surface area contributed by atoms with Crippen LogP contribution in [0.4, 0.5) is 0 Å². The molecule has 1 heterocycles. The molecule has 1 aromatic heterocycles. The lowest BCUT2D eigenvalue weighted by atomic mass is 10.2. The smallest absolute Gasteiger partial charge is 0.227 e. The van der Waals surface area contributed by atoms with Gasteiger partial charge in [0, 0.05) is 26.2 Å². The highest BCUT2D eigenvalue weighted by Crippen LogP contribution is 2.34. The van der Waals surface area contributed by atoms with E-state index in [1.165, 1.54) is 12.8 Å². The monoisotopic (exact) mass is 477 g/mol. The summed E-state index contributed by atoms with van der Waals surface area (Å²) >= 11 is 0. The Morgan fingerprint density at radius 3 is 2.51 bits per heavy atom. The minimum absolute atomic E-state index is 0.355. The number of nitrogens with zero attached hydrogens (tertiary/aromatic N) is 3. The van der Waals surface area contributed by atoms with Crippen LogP contribution in [0, 0.1) is 25.7 Å². The topological polar surface area (TPSA) is 59.8 Å². The van der Waals surface area contributed by atoms with Gasteiger partial charge >= 0.3 is 0 Å². The Hall–Kier alpha value is -2.67. The number of aromatic nitrogens is 2. The molecule has 0 radical (unpaired) electrons. The largest absolute Gasteiger partial charge is 0.439 e. The molecule has 35 heavy (non-hydrogen) atoms. The zero-order valence-corrected chi connectivity index (χ0v) is 21.5. The van der Waals surface area contributed by atoms with Crippen LogP contribution in [0.25, 0.3) is 5.69 Å². The highest BCUT2D eigenvalue weighted by Gasteiger charge is 2.28. The number of rotatable bonds is 13. The van der Waals surface area contributed by atoms with Crippen molar-refractivity contribution in [2.75, 3.05) is 26.3 Å². The van der Waals surface area contributed by atoms with Crippen molar-refractivity contribution in [2.24, 2.45) is 11.8 Å². The second-order valence-electron chi connectivity index (χ2n) is 10.3. The summed E-state index contributed by atoms with van der Waals surface area (Å²) in [6, 6.07) is 18.2. The van der Waals surface area contributed by atoms with Crippen molar-refractivity contribution in [2.45, 2.75) is 53.2 Å². The van der Waals surface area contributed by atoms with Crippen molar-refractivity contribution >= 4 is 0 Å². The Balaban J connectivity index is 1.60. The van der Waals surface area contributed by atoms with Crippen LogP contribution in [0.3, 0.4) is 0 Å². The molecule has 1 aliphatic rings. The Labute approximate surface area is 209 Å². The van der Waals surface area contributed by atoms with Gasteiger partial charge in [-0.15, -0.1) is 0 Å². The third-order valence-corrected chi connectivity index (χ3v) is 6.17. The van der Waals surface area contributed by atoms with Crippen molar-refractivity contribution in [3.8, 4) is 17.3 Å². The standard InChI is InChI=1S/C29H39N3O3/c1-21(2)19-34-20-26(33)17-31(16-24-13-14-24)18-28-23(4)30-32(25-10-6-5-7-11-25)29(28)35-27-12-8-9-22(3)15-27/h5-12,15,21,24,26,33H,13-14,16-20H2,1-4H3/t26-/m1/s1. The molecule has 6 nitrogen and oxygen atoms in total. The number of hydrogen-bond acceptors (Lipinski definition) is 5. The average molecular weight is 478 g/mol. The highest BCUT2D eigenvalue weighted by atomic mass is 16.5. The fraction of sp³-hybridized carbons (Fsp3) is 0.483. The van der Waals surface area contributed by atoms with E-state index in [2.05, 4.69) is 31.7 Å². The summed E-state index contributed by atoms with van der Waals surface area (Å²) in [4.78, 5) is 2.34. The van der Waals surface area contributed by atoms with E-state index < -0.39 is 6.10 Å². The molecule has 1 aliphatic carbocycles. The van der Waals surface area contributed by atoms with E-state index in [0.717, 1.165) is 40.7 Å². The maximum absolute atomic E-state index is 10.7. The molecule has 0 unspecified atom stereocenters. The maximum atomic E-state index is 10.7. The number of benzene rings is 2. The maximum Gasteiger partial charge on any atom is 0.227 e. The van der Waals surface area contributed by atoms with E-state index in [0.29, 0.717) is 38.1 Å². The van der Waals surface area contributed by atoms with Crippen LogP contribution in [-0.2, 0) is 11.3 Å². The average Bonchev–Trinajstić information content (AvgIpc) is 3.58. The normalized spacial score (nSPS) is 14.6. The Bertz CT molecular complexity index is 1080. The minimum Gasteiger partial charge on any atom is -0.439 e. The van der Waals surface area contributed by atoms with E-state index in [4.69, 9.17) is 14.6 Å². The number of aliphatic hydroxyl groups excluding tert-OH is 1. The van der Waals surface area contributed by atoms with Gasteiger partial charge < -0.3 is 14.6 Å². The molecule has 0 bridgehead atoms. The molecular weight excluding hydrogens is 438 g/mol. The van der Waals surface area contributed by atoms with Gasteiger partial charge in [0.1, 0.15) is 5.75 Å². The second kappa shape index (κ2) is 11.8. The summed E-state index contributed by atoms with van der Waals surface area (Å²) < 4.78 is 14.1. The molecule has 3 aromatic rings. The lowest BCUT2D eigenvalue weighted by Gasteiger charge is -2.25. The number of hydrogen-bond donors (Lipinski definition) is 1. The van der Waals surface area contributed by atoms with Crippen molar-refractivity contribution in [1.82, 2.24) is 14.7 Å². The first kappa shape index (κ1) is 25.4. The predicted molar refractivity (Wildman–Crippen MR) is 139 cm³/mol. The van der Waals surface area contributed by atoms with Crippen molar-refractivity contribution in [3.63, 3.8) is 0 Å². The lowest BCUT2D eigenvalue weighted by Crippen LogP contribution is -2.36. The van der Waals surface area contributed by atoms with E-state index in [9.17, 15) is 5.11 Å². The summed E-state index contributed by atoms with van der Waals surface area (Å²) in [7, 11) is 0. The molecule has 1 saturated carbocycles. The summed E-state index contributed by atoms with van der Waals surface area (Å²) in [5.41, 5.74) is 4.08. The Morgan fingerprint density at radius 1 is 1.06 bits per heavy atom. The van der Waals surface area contributed by atoms with Crippen molar-refractivity contribution in [1.29, 1.82) is 0 Å². The zero-order chi connectivity index (χ0) is 24.8. The van der Waals surface area contributed by atoms with Crippen LogP contribution in [0.2, 0.25) is 0 Å². The second-order valence-corrected chi connectivity index (χ2v) is 10.3. The highest BCUT2D eigenvalue weighted by molar-refractivity contribution is 5.43. The molecule has 6 heteroatoms. The molecule has 0 aliphatic heterocycles. The molecule has 188 valence electrons. The first-order valence-corrected chi connectivity index (χ1v) is 12.8. The summed E-state index contributed by atoms with van der Waals surface area (Å²) in [5.74, 6) is 2.67. The van der Waals surface area contributed by atoms with Gasteiger partial charge in [-0.05, 0) is 68.4 Å².